The molecule has 0 rings (SSSR count). The summed E-state index contributed by atoms with van der Waals surface area (Å²) in [7, 11) is -2.72. The van der Waals surface area contributed by atoms with Crippen molar-refractivity contribution in [3.63, 3.8) is 0 Å². The van der Waals surface area contributed by atoms with Gasteiger partial charge >= 0.3 is 13.6 Å². The van der Waals surface area contributed by atoms with Gasteiger partial charge in [-0.1, -0.05) is 5.57 Å². The van der Waals surface area contributed by atoms with E-state index in [0.717, 1.165) is 0 Å². The average Bonchev–Trinajstić information content (AvgIpc) is 2.10. The van der Waals surface area contributed by atoms with Gasteiger partial charge in [0, 0.05) is 5.57 Å². The number of ether oxygens (including phenoxy) is 1. The summed E-state index contributed by atoms with van der Waals surface area (Å²) in [5.74, 6) is -0.465. The molecule has 6 heteroatoms. The highest BCUT2D eigenvalue weighted by molar-refractivity contribution is 7.51. The first kappa shape index (κ1) is 13.4. The number of carbonyl (C=O) groups excluding carboxylic acids is 1. The maximum atomic E-state index is 11.0. The third-order valence-electron chi connectivity index (χ3n) is 1.91. The summed E-state index contributed by atoms with van der Waals surface area (Å²) in [4.78, 5) is 28.2. The fourth-order valence-corrected chi connectivity index (χ4v) is 1.45. The molecule has 0 fully saturated rings. The molecule has 0 unspecified atom stereocenters. The Bertz CT molecular complexity index is 288. The molecule has 0 atom stereocenters. The van der Waals surface area contributed by atoms with Crippen molar-refractivity contribution in [2.24, 2.45) is 0 Å². The van der Waals surface area contributed by atoms with E-state index in [0.29, 0.717) is 11.1 Å². The van der Waals surface area contributed by atoms with E-state index in [9.17, 15) is 9.36 Å². The Kier molecular flexibility index (Phi) is 5.05. The van der Waals surface area contributed by atoms with Crippen molar-refractivity contribution in [3.8, 4) is 0 Å². The summed E-state index contributed by atoms with van der Waals surface area (Å²) in [6.45, 7) is 3.22. The molecular weight excluding hydrogens is 207 g/mol. The van der Waals surface area contributed by atoms with E-state index in [1.54, 1.807) is 13.8 Å². The van der Waals surface area contributed by atoms with E-state index in [4.69, 9.17) is 9.79 Å². The molecule has 0 saturated carbocycles. The Balaban J connectivity index is 4.39. The number of rotatable bonds is 4. The SMILES string of the molecule is COC(=O)C(C)=C(C)CCP(=O)(O)O. The molecule has 0 radical (unpaired) electrons. The zero-order valence-corrected chi connectivity index (χ0v) is 9.38. The Hall–Kier alpha value is -0.640. The van der Waals surface area contributed by atoms with Gasteiger partial charge in [-0.15, -0.1) is 0 Å². The van der Waals surface area contributed by atoms with Crippen molar-refractivity contribution >= 4 is 13.6 Å². The van der Waals surface area contributed by atoms with E-state index < -0.39 is 13.6 Å². The van der Waals surface area contributed by atoms with Gasteiger partial charge in [0.15, 0.2) is 0 Å². The maximum absolute atomic E-state index is 11.0. The minimum absolute atomic E-state index is 0.200. The molecule has 0 aliphatic carbocycles. The number of methoxy groups -OCH3 is 1. The van der Waals surface area contributed by atoms with Crippen LogP contribution in [0.4, 0.5) is 0 Å². The number of carbonyl (C=O) groups is 1. The van der Waals surface area contributed by atoms with Crippen LogP contribution in [0.1, 0.15) is 20.3 Å². The van der Waals surface area contributed by atoms with Crippen molar-refractivity contribution < 1.29 is 23.9 Å². The fraction of sp³-hybridized carbons (Fsp3) is 0.625. The molecular formula is C8H15O5P. The quantitative estimate of drug-likeness (QED) is 0.422. The van der Waals surface area contributed by atoms with E-state index in [1.807, 2.05) is 0 Å². The molecule has 0 saturated heterocycles. The lowest BCUT2D eigenvalue weighted by molar-refractivity contribution is -0.136. The van der Waals surface area contributed by atoms with Crippen molar-refractivity contribution in [1.29, 1.82) is 0 Å². The second-order valence-electron chi connectivity index (χ2n) is 3.04. The molecule has 0 aromatic rings. The van der Waals surface area contributed by atoms with E-state index in [2.05, 4.69) is 4.74 Å². The summed E-state index contributed by atoms with van der Waals surface area (Å²) in [6.07, 6.45) is -0.0433. The summed E-state index contributed by atoms with van der Waals surface area (Å²) in [6, 6.07) is 0. The van der Waals surface area contributed by atoms with Crippen molar-refractivity contribution in [3.05, 3.63) is 11.1 Å². The van der Waals surface area contributed by atoms with Gasteiger partial charge < -0.3 is 14.5 Å². The van der Waals surface area contributed by atoms with Crippen LogP contribution in [0.25, 0.3) is 0 Å². The minimum Gasteiger partial charge on any atom is -0.466 e. The molecule has 5 nitrogen and oxygen atoms in total. The van der Waals surface area contributed by atoms with Crippen LogP contribution in [0.2, 0.25) is 0 Å². The molecule has 0 bridgehead atoms. The van der Waals surface area contributed by atoms with Crippen LogP contribution in [-0.4, -0.2) is 29.0 Å². The lowest BCUT2D eigenvalue weighted by Gasteiger charge is -2.07. The largest absolute Gasteiger partial charge is 0.466 e. The molecule has 0 amide bonds. The second kappa shape index (κ2) is 5.29. The predicted molar refractivity (Wildman–Crippen MR) is 51.9 cm³/mol. The minimum atomic E-state index is -3.98. The maximum Gasteiger partial charge on any atom is 0.333 e. The van der Waals surface area contributed by atoms with Crippen LogP contribution in [-0.2, 0) is 14.1 Å². The van der Waals surface area contributed by atoms with E-state index in [1.165, 1.54) is 7.11 Å². The lowest BCUT2D eigenvalue weighted by atomic mass is 10.1. The Morgan fingerprint density at radius 1 is 1.36 bits per heavy atom. The van der Waals surface area contributed by atoms with Crippen LogP contribution in [0, 0.1) is 0 Å². The fourth-order valence-electron chi connectivity index (χ4n) is 0.828. The first-order chi connectivity index (χ1) is 6.28. The summed E-state index contributed by atoms with van der Waals surface area (Å²) in [5, 5.41) is 0. The van der Waals surface area contributed by atoms with Gasteiger partial charge in [0.05, 0.1) is 13.3 Å². The van der Waals surface area contributed by atoms with Crippen LogP contribution >= 0.6 is 7.60 Å². The monoisotopic (exact) mass is 222 g/mol. The summed E-state index contributed by atoms with van der Waals surface area (Å²) in [5.41, 5.74) is 1.04. The van der Waals surface area contributed by atoms with Crippen LogP contribution < -0.4 is 0 Å². The average molecular weight is 222 g/mol. The van der Waals surface area contributed by atoms with Gasteiger partial charge in [0.2, 0.25) is 0 Å². The van der Waals surface area contributed by atoms with Gasteiger partial charge in [-0.05, 0) is 20.3 Å². The highest BCUT2D eigenvalue weighted by Crippen LogP contribution is 2.36. The van der Waals surface area contributed by atoms with Crippen LogP contribution in [0.15, 0.2) is 11.1 Å². The Morgan fingerprint density at radius 2 is 1.86 bits per heavy atom. The molecule has 0 aliphatic rings. The molecule has 0 aromatic heterocycles. The predicted octanol–water partition coefficient (Wildman–Crippen LogP) is 1.06. The first-order valence-electron chi connectivity index (χ1n) is 4.07. The lowest BCUT2D eigenvalue weighted by Crippen LogP contribution is -2.04. The van der Waals surface area contributed by atoms with Crippen LogP contribution in [0.3, 0.4) is 0 Å². The van der Waals surface area contributed by atoms with Gasteiger partial charge in [0.1, 0.15) is 0 Å². The zero-order valence-electron chi connectivity index (χ0n) is 8.48. The Morgan fingerprint density at radius 3 is 2.21 bits per heavy atom. The topological polar surface area (TPSA) is 83.8 Å². The standard InChI is InChI=1S/C8H15O5P/c1-6(4-5-14(10,11)12)7(2)8(9)13-3/h4-5H2,1-3H3,(H2,10,11,12). The molecule has 0 spiro atoms. The molecule has 0 heterocycles. The molecule has 0 aromatic carbocycles. The Labute approximate surface area is 82.9 Å². The zero-order chi connectivity index (χ0) is 11.4. The van der Waals surface area contributed by atoms with Gasteiger partial charge in [-0.2, -0.15) is 0 Å². The highest BCUT2D eigenvalue weighted by atomic mass is 31.2. The number of hydrogen-bond acceptors (Lipinski definition) is 3. The molecule has 0 aliphatic heterocycles. The van der Waals surface area contributed by atoms with Gasteiger partial charge in [0.25, 0.3) is 0 Å². The first-order valence-corrected chi connectivity index (χ1v) is 5.87. The molecule has 82 valence electrons. The smallest absolute Gasteiger partial charge is 0.333 e. The molecule has 14 heavy (non-hydrogen) atoms. The van der Waals surface area contributed by atoms with Crippen molar-refractivity contribution in [2.75, 3.05) is 13.3 Å². The van der Waals surface area contributed by atoms with Crippen molar-refractivity contribution in [1.82, 2.24) is 0 Å². The summed E-state index contributed by atoms with van der Waals surface area (Å²) < 4.78 is 15.0. The third kappa shape index (κ3) is 5.17. The second-order valence-corrected chi connectivity index (χ2v) is 4.81. The number of esters is 1. The van der Waals surface area contributed by atoms with E-state index >= 15 is 0 Å². The third-order valence-corrected chi connectivity index (χ3v) is 2.72. The number of hydrogen-bond donors (Lipinski definition) is 2. The van der Waals surface area contributed by atoms with Gasteiger partial charge in [-0.25, -0.2) is 4.79 Å². The number of allylic oxidation sites excluding steroid dienone is 1. The van der Waals surface area contributed by atoms with E-state index in [-0.39, 0.29) is 12.6 Å². The normalized spacial score (nSPS) is 13.5. The van der Waals surface area contributed by atoms with Crippen LogP contribution in [0.5, 0.6) is 0 Å². The summed E-state index contributed by atoms with van der Waals surface area (Å²) >= 11 is 0. The molecule has 2 N–H and O–H groups in total. The highest BCUT2D eigenvalue weighted by Gasteiger charge is 2.14. The van der Waals surface area contributed by atoms with Crippen molar-refractivity contribution in [2.45, 2.75) is 20.3 Å². The van der Waals surface area contributed by atoms with Gasteiger partial charge in [-0.3, -0.25) is 4.57 Å².